The Morgan fingerprint density at radius 1 is 1.26 bits per heavy atom. The first-order valence-electron chi connectivity index (χ1n) is 8.74. The number of aromatic nitrogens is 2. The molecule has 0 unspecified atom stereocenters. The molecule has 1 saturated carbocycles. The Morgan fingerprint density at radius 2 is 2.04 bits per heavy atom. The fourth-order valence-electron chi connectivity index (χ4n) is 3.75. The Balaban J connectivity index is 1.56. The van der Waals surface area contributed by atoms with Crippen molar-refractivity contribution in [3.05, 3.63) is 17.5 Å². The molecule has 23 heavy (non-hydrogen) atoms. The third-order valence-electron chi connectivity index (χ3n) is 5.00. The molecule has 1 atom stereocenters. The number of hydrogen-bond acceptors (Lipinski definition) is 3. The lowest BCUT2D eigenvalue weighted by Gasteiger charge is -2.30. The minimum Gasteiger partial charge on any atom is -0.349 e. The number of nitrogens with zero attached hydrogens (tertiary/aromatic N) is 2. The second-order valence-electron chi connectivity index (χ2n) is 6.78. The van der Waals surface area contributed by atoms with Crippen LogP contribution in [0.3, 0.4) is 0 Å². The van der Waals surface area contributed by atoms with E-state index in [-0.39, 0.29) is 23.8 Å². The molecule has 1 aliphatic heterocycles. The highest BCUT2D eigenvalue weighted by Gasteiger charge is 2.37. The standard InChI is InChI=1S/C17H26N4O2/c1-12-10-14(20-19-12)11-18-16(22)15-8-5-9-21(15)17(23)13-6-3-2-4-7-13/h10,13,15H,2-9,11H2,1H3,(H,18,22)(H,19,20)/t15-/m0/s1. The van der Waals surface area contributed by atoms with Gasteiger partial charge < -0.3 is 10.2 Å². The summed E-state index contributed by atoms with van der Waals surface area (Å²) in [4.78, 5) is 27.0. The van der Waals surface area contributed by atoms with Gasteiger partial charge in [0.15, 0.2) is 0 Å². The molecule has 0 spiro atoms. The molecular formula is C17H26N4O2. The van der Waals surface area contributed by atoms with E-state index in [0.717, 1.165) is 56.5 Å². The van der Waals surface area contributed by atoms with Crippen LogP contribution in [0.15, 0.2) is 6.07 Å². The molecule has 1 saturated heterocycles. The molecule has 2 amide bonds. The van der Waals surface area contributed by atoms with E-state index in [2.05, 4.69) is 15.5 Å². The molecule has 2 heterocycles. The number of carbonyl (C=O) groups is 2. The Labute approximate surface area is 137 Å². The van der Waals surface area contributed by atoms with Crippen molar-refractivity contribution < 1.29 is 9.59 Å². The van der Waals surface area contributed by atoms with Gasteiger partial charge in [0, 0.05) is 18.2 Å². The zero-order valence-corrected chi connectivity index (χ0v) is 13.8. The normalized spacial score (nSPS) is 22.3. The summed E-state index contributed by atoms with van der Waals surface area (Å²) in [5.74, 6) is 0.274. The Hall–Kier alpha value is -1.85. The summed E-state index contributed by atoms with van der Waals surface area (Å²) < 4.78 is 0. The number of amides is 2. The molecule has 1 aliphatic carbocycles. The molecule has 2 aliphatic rings. The highest BCUT2D eigenvalue weighted by Crippen LogP contribution is 2.28. The second kappa shape index (κ2) is 7.15. The van der Waals surface area contributed by atoms with Crippen LogP contribution in [0.25, 0.3) is 0 Å². The number of hydrogen-bond donors (Lipinski definition) is 2. The van der Waals surface area contributed by atoms with E-state index < -0.39 is 0 Å². The highest BCUT2D eigenvalue weighted by atomic mass is 16.2. The van der Waals surface area contributed by atoms with E-state index in [9.17, 15) is 9.59 Å². The number of H-pyrrole nitrogens is 1. The van der Waals surface area contributed by atoms with Crippen LogP contribution in [-0.2, 0) is 16.1 Å². The molecule has 2 N–H and O–H groups in total. The van der Waals surface area contributed by atoms with Crippen molar-refractivity contribution >= 4 is 11.8 Å². The maximum atomic E-state index is 12.7. The summed E-state index contributed by atoms with van der Waals surface area (Å²) in [7, 11) is 0. The third-order valence-corrected chi connectivity index (χ3v) is 5.00. The largest absolute Gasteiger partial charge is 0.349 e. The Bertz CT molecular complexity index is 563. The molecule has 0 bridgehead atoms. The molecule has 3 rings (SSSR count). The fourth-order valence-corrected chi connectivity index (χ4v) is 3.75. The predicted molar refractivity (Wildman–Crippen MR) is 86.5 cm³/mol. The number of aryl methyl sites for hydroxylation is 1. The molecule has 0 radical (unpaired) electrons. The van der Waals surface area contributed by atoms with Crippen LogP contribution in [0, 0.1) is 12.8 Å². The van der Waals surface area contributed by atoms with Crippen molar-refractivity contribution in [2.24, 2.45) is 5.92 Å². The number of carbonyl (C=O) groups excluding carboxylic acids is 2. The molecule has 2 fully saturated rings. The van der Waals surface area contributed by atoms with Gasteiger partial charge in [-0.3, -0.25) is 14.7 Å². The van der Waals surface area contributed by atoms with Crippen LogP contribution in [0.4, 0.5) is 0 Å². The fraction of sp³-hybridized carbons (Fsp3) is 0.706. The molecular weight excluding hydrogens is 292 g/mol. The number of aromatic amines is 1. The van der Waals surface area contributed by atoms with Crippen molar-refractivity contribution in [2.75, 3.05) is 6.54 Å². The lowest BCUT2D eigenvalue weighted by molar-refractivity contribution is -0.142. The Kier molecular flexibility index (Phi) is 4.98. The molecule has 1 aromatic heterocycles. The molecule has 126 valence electrons. The molecule has 6 heteroatoms. The van der Waals surface area contributed by atoms with E-state index in [1.807, 2.05) is 17.9 Å². The minimum atomic E-state index is -0.301. The van der Waals surface area contributed by atoms with Gasteiger partial charge in [-0.05, 0) is 38.7 Å². The molecule has 1 aromatic rings. The van der Waals surface area contributed by atoms with Crippen LogP contribution < -0.4 is 5.32 Å². The van der Waals surface area contributed by atoms with E-state index in [1.54, 1.807) is 0 Å². The zero-order chi connectivity index (χ0) is 16.2. The number of rotatable bonds is 4. The monoisotopic (exact) mass is 318 g/mol. The van der Waals surface area contributed by atoms with Gasteiger partial charge in [0.05, 0.1) is 12.2 Å². The lowest BCUT2D eigenvalue weighted by atomic mass is 9.88. The zero-order valence-electron chi connectivity index (χ0n) is 13.8. The average Bonchev–Trinajstić information content (AvgIpc) is 3.21. The second-order valence-corrected chi connectivity index (χ2v) is 6.78. The summed E-state index contributed by atoms with van der Waals surface area (Å²) in [6.45, 7) is 3.06. The maximum absolute atomic E-state index is 12.7. The summed E-state index contributed by atoms with van der Waals surface area (Å²) >= 11 is 0. The number of likely N-dealkylation sites (tertiary alicyclic amines) is 1. The summed E-state index contributed by atoms with van der Waals surface area (Å²) in [6.07, 6.45) is 7.16. The van der Waals surface area contributed by atoms with Crippen molar-refractivity contribution in [1.82, 2.24) is 20.4 Å². The SMILES string of the molecule is Cc1cc(CNC(=O)[C@@H]2CCCN2C(=O)C2CCCCC2)n[nH]1. The van der Waals surface area contributed by atoms with Gasteiger partial charge in [-0.2, -0.15) is 5.10 Å². The number of nitrogens with one attached hydrogen (secondary N) is 2. The minimum absolute atomic E-state index is 0.0488. The van der Waals surface area contributed by atoms with Gasteiger partial charge in [-0.1, -0.05) is 19.3 Å². The summed E-state index contributed by atoms with van der Waals surface area (Å²) in [5, 5.41) is 9.91. The van der Waals surface area contributed by atoms with Crippen LogP contribution in [0.2, 0.25) is 0 Å². The average molecular weight is 318 g/mol. The van der Waals surface area contributed by atoms with Gasteiger partial charge >= 0.3 is 0 Å². The summed E-state index contributed by atoms with van der Waals surface area (Å²) in [5.41, 5.74) is 1.79. The first-order chi connectivity index (χ1) is 11.1. The van der Waals surface area contributed by atoms with Crippen LogP contribution in [0.1, 0.15) is 56.3 Å². The van der Waals surface area contributed by atoms with Crippen LogP contribution in [-0.4, -0.2) is 39.5 Å². The van der Waals surface area contributed by atoms with Gasteiger partial charge in [-0.15, -0.1) is 0 Å². The molecule has 6 nitrogen and oxygen atoms in total. The quantitative estimate of drug-likeness (QED) is 0.890. The van der Waals surface area contributed by atoms with Gasteiger partial charge in [0.1, 0.15) is 6.04 Å². The predicted octanol–water partition coefficient (Wildman–Crippen LogP) is 1.91. The van der Waals surface area contributed by atoms with Gasteiger partial charge in [0.25, 0.3) is 0 Å². The van der Waals surface area contributed by atoms with E-state index in [4.69, 9.17) is 0 Å². The lowest BCUT2D eigenvalue weighted by Crippen LogP contribution is -2.48. The van der Waals surface area contributed by atoms with Crippen LogP contribution >= 0.6 is 0 Å². The first-order valence-corrected chi connectivity index (χ1v) is 8.74. The van der Waals surface area contributed by atoms with E-state index in [0.29, 0.717) is 6.54 Å². The van der Waals surface area contributed by atoms with E-state index >= 15 is 0 Å². The third kappa shape index (κ3) is 3.74. The van der Waals surface area contributed by atoms with Crippen molar-refractivity contribution in [2.45, 2.75) is 64.5 Å². The Morgan fingerprint density at radius 3 is 2.74 bits per heavy atom. The van der Waals surface area contributed by atoms with Gasteiger partial charge in [-0.25, -0.2) is 0 Å². The highest BCUT2D eigenvalue weighted by molar-refractivity contribution is 5.89. The van der Waals surface area contributed by atoms with Crippen LogP contribution in [0.5, 0.6) is 0 Å². The van der Waals surface area contributed by atoms with Crippen molar-refractivity contribution in [1.29, 1.82) is 0 Å². The summed E-state index contributed by atoms with van der Waals surface area (Å²) in [6, 6.07) is 1.62. The maximum Gasteiger partial charge on any atom is 0.243 e. The molecule has 0 aromatic carbocycles. The smallest absolute Gasteiger partial charge is 0.243 e. The van der Waals surface area contributed by atoms with Gasteiger partial charge in [0.2, 0.25) is 11.8 Å². The van der Waals surface area contributed by atoms with E-state index in [1.165, 1.54) is 6.42 Å². The topological polar surface area (TPSA) is 78.1 Å². The first kappa shape index (κ1) is 16.0. The van der Waals surface area contributed by atoms with Crippen molar-refractivity contribution in [3.8, 4) is 0 Å². The van der Waals surface area contributed by atoms with Crippen molar-refractivity contribution in [3.63, 3.8) is 0 Å².